The lowest BCUT2D eigenvalue weighted by atomic mass is 10.2. The third-order valence-corrected chi connectivity index (χ3v) is 4.13. The van der Waals surface area contributed by atoms with E-state index in [-0.39, 0.29) is 5.56 Å². The average molecular weight is 346 g/mol. The second-order valence-electron chi connectivity index (χ2n) is 5.96. The average Bonchev–Trinajstić information content (AvgIpc) is 3.19. The smallest absolute Gasteiger partial charge is 0.259 e. The third kappa shape index (κ3) is 3.49. The van der Waals surface area contributed by atoms with E-state index < -0.39 is 0 Å². The van der Waals surface area contributed by atoms with Crippen molar-refractivity contribution in [3.8, 4) is 17.1 Å². The summed E-state index contributed by atoms with van der Waals surface area (Å²) in [7, 11) is 0. The number of ether oxygens (including phenoxy) is 1. The van der Waals surface area contributed by atoms with Gasteiger partial charge in [-0.15, -0.1) is 0 Å². The standard InChI is InChI=1S/C20H18N4O2/c25-20-17-4-1-2-5-18(17)22-19(23-20)15-6-8-16(9-7-15)26-13-3-11-24-12-10-21-14-24/h1-2,4-10,12,14H,3,11,13H2,(H,22,23,25). The van der Waals surface area contributed by atoms with Crippen LogP contribution in [0.4, 0.5) is 0 Å². The molecule has 4 aromatic rings. The number of nitrogens with zero attached hydrogens (tertiary/aromatic N) is 3. The zero-order chi connectivity index (χ0) is 17.8. The lowest BCUT2D eigenvalue weighted by molar-refractivity contribution is 0.302. The van der Waals surface area contributed by atoms with Crippen molar-refractivity contribution in [2.45, 2.75) is 13.0 Å². The van der Waals surface area contributed by atoms with Gasteiger partial charge in [-0.2, -0.15) is 0 Å². The van der Waals surface area contributed by atoms with Gasteiger partial charge in [0.15, 0.2) is 0 Å². The van der Waals surface area contributed by atoms with Crippen molar-refractivity contribution >= 4 is 10.9 Å². The summed E-state index contributed by atoms with van der Waals surface area (Å²) < 4.78 is 7.79. The molecule has 0 bridgehead atoms. The van der Waals surface area contributed by atoms with E-state index in [2.05, 4.69) is 15.0 Å². The van der Waals surface area contributed by atoms with Gasteiger partial charge in [0.2, 0.25) is 0 Å². The fourth-order valence-corrected chi connectivity index (χ4v) is 2.79. The first-order valence-electron chi connectivity index (χ1n) is 8.48. The highest BCUT2D eigenvalue weighted by Crippen LogP contribution is 2.20. The van der Waals surface area contributed by atoms with Crippen molar-refractivity contribution in [2.75, 3.05) is 6.61 Å². The second-order valence-corrected chi connectivity index (χ2v) is 5.96. The Morgan fingerprint density at radius 3 is 2.73 bits per heavy atom. The SMILES string of the molecule is O=c1[nH]c(-c2ccc(OCCCn3ccnc3)cc2)nc2ccccc12. The maximum absolute atomic E-state index is 12.2. The number of imidazole rings is 1. The normalized spacial score (nSPS) is 10.9. The van der Waals surface area contributed by atoms with Crippen molar-refractivity contribution in [2.24, 2.45) is 0 Å². The van der Waals surface area contributed by atoms with Gasteiger partial charge in [-0.1, -0.05) is 12.1 Å². The summed E-state index contributed by atoms with van der Waals surface area (Å²) >= 11 is 0. The molecule has 2 aromatic carbocycles. The molecule has 0 aliphatic carbocycles. The van der Waals surface area contributed by atoms with Gasteiger partial charge in [0.05, 0.1) is 23.8 Å². The highest BCUT2D eigenvalue weighted by molar-refractivity contribution is 5.79. The Labute approximate surface area is 150 Å². The molecule has 0 radical (unpaired) electrons. The summed E-state index contributed by atoms with van der Waals surface area (Å²) in [4.78, 5) is 23.6. The highest BCUT2D eigenvalue weighted by Gasteiger charge is 2.05. The molecule has 0 aliphatic rings. The first-order valence-corrected chi connectivity index (χ1v) is 8.48. The Bertz CT molecular complexity index is 1050. The molecule has 6 nitrogen and oxygen atoms in total. The number of nitrogens with one attached hydrogen (secondary N) is 1. The number of hydrogen-bond donors (Lipinski definition) is 1. The van der Waals surface area contributed by atoms with Crippen LogP contribution >= 0.6 is 0 Å². The van der Waals surface area contributed by atoms with Gasteiger partial charge in [0.25, 0.3) is 5.56 Å². The molecule has 0 amide bonds. The maximum Gasteiger partial charge on any atom is 0.259 e. The maximum atomic E-state index is 12.2. The summed E-state index contributed by atoms with van der Waals surface area (Å²) in [5.41, 5.74) is 1.40. The van der Waals surface area contributed by atoms with Crippen molar-refractivity contribution < 1.29 is 4.74 Å². The summed E-state index contributed by atoms with van der Waals surface area (Å²) in [5, 5.41) is 0.592. The van der Waals surface area contributed by atoms with E-state index in [4.69, 9.17) is 4.74 Å². The molecule has 130 valence electrons. The van der Waals surface area contributed by atoms with Crippen LogP contribution in [0.25, 0.3) is 22.3 Å². The van der Waals surface area contributed by atoms with Crippen LogP contribution in [0.5, 0.6) is 5.75 Å². The van der Waals surface area contributed by atoms with Gasteiger partial charge in [-0.3, -0.25) is 4.79 Å². The Morgan fingerprint density at radius 2 is 1.92 bits per heavy atom. The molecule has 0 fully saturated rings. The monoisotopic (exact) mass is 346 g/mol. The quantitative estimate of drug-likeness (QED) is 0.544. The van der Waals surface area contributed by atoms with Crippen LogP contribution in [0.15, 0.2) is 72.0 Å². The first kappa shape index (κ1) is 16.1. The van der Waals surface area contributed by atoms with Crippen LogP contribution in [0.2, 0.25) is 0 Å². The van der Waals surface area contributed by atoms with Gasteiger partial charge < -0.3 is 14.3 Å². The van der Waals surface area contributed by atoms with E-state index in [0.29, 0.717) is 23.3 Å². The van der Waals surface area contributed by atoms with Gasteiger partial charge >= 0.3 is 0 Å². The lowest BCUT2D eigenvalue weighted by Gasteiger charge is -2.08. The largest absolute Gasteiger partial charge is 0.494 e. The zero-order valence-corrected chi connectivity index (χ0v) is 14.1. The summed E-state index contributed by atoms with van der Waals surface area (Å²) in [6.07, 6.45) is 6.40. The predicted octanol–water partition coefficient (Wildman–Crippen LogP) is 3.26. The first-order chi connectivity index (χ1) is 12.8. The lowest BCUT2D eigenvalue weighted by Crippen LogP contribution is -2.09. The Morgan fingerprint density at radius 1 is 1.08 bits per heavy atom. The molecule has 0 atom stereocenters. The minimum absolute atomic E-state index is 0.134. The van der Waals surface area contributed by atoms with Gasteiger partial charge in [-0.05, 0) is 42.8 Å². The van der Waals surface area contributed by atoms with Crippen molar-refractivity contribution in [3.63, 3.8) is 0 Å². The topological polar surface area (TPSA) is 72.8 Å². The zero-order valence-electron chi connectivity index (χ0n) is 14.1. The molecular weight excluding hydrogens is 328 g/mol. The van der Waals surface area contributed by atoms with Crippen LogP contribution in [0.1, 0.15) is 6.42 Å². The number of fused-ring (bicyclic) bond motifs is 1. The second kappa shape index (κ2) is 7.23. The number of rotatable bonds is 6. The van der Waals surface area contributed by atoms with Crippen LogP contribution in [-0.2, 0) is 6.54 Å². The fourth-order valence-electron chi connectivity index (χ4n) is 2.79. The highest BCUT2D eigenvalue weighted by atomic mass is 16.5. The molecule has 2 aromatic heterocycles. The summed E-state index contributed by atoms with van der Waals surface area (Å²) in [6.45, 7) is 1.50. The molecule has 1 N–H and O–H groups in total. The number of hydrogen-bond acceptors (Lipinski definition) is 4. The Balaban J connectivity index is 1.43. The third-order valence-electron chi connectivity index (χ3n) is 4.13. The van der Waals surface area contributed by atoms with E-state index in [1.165, 1.54) is 0 Å². The van der Waals surface area contributed by atoms with E-state index in [9.17, 15) is 4.79 Å². The Kier molecular flexibility index (Phi) is 4.47. The van der Waals surface area contributed by atoms with E-state index in [1.807, 2.05) is 53.2 Å². The molecule has 2 heterocycles. The molecule has 4 rings (SSSR count). The molecule has 26 heavy (non-hydrogen) atoms. The van der Waals surface area contributed by atoms with Crippen molar-refractivity contribution in [1.29, 1.82) is 0 Å². The molecule has 0 saturated heterocycles. The molecule has 0 spiro atoms. The number of aromatic nitrogens is 4. The van der Waals surface area contributed by atoms with Crippen molar-refractivity contribution in [3.05, 3.63) is 77.6 Å². The molecular formula is C20H18N4O2. The van der Waals surface area contributed by atoms with Crippen LogP contribution in [0.3, 0.4) is 0 Å². The van der Waals surface area contributed by atoms with E-state index in [0.717, 1.165) is 24.3 Å². The number of H-pyrrole nitrogens is 1. The molecule has 6 heteroatoms. The fraction of sp³-hybridized carbons (Fsp3) is 0.150. The number of para-hydroxylation sites is 1. The van der Waals surface area contributed by atoms with Gasteiger partial charge in [0, 0.05) is 24.5 Å². The summed E-state index contributed by atoms with van der Waals surface area (Å²) in [6, 6.07) is 14.9. The minimum Gasteiger partial charge on any atom is -0.494 e. The van der Waals surface area contributed by atoms with E-state index >= 15 is 0 Å². The molecule has 0 unspecified atom stereocenters. The predicted molar refractivity (Wildman–Crippen MR) is 100 cm³/mol. The molecule has 0 aliphatic heterocycles. The number of aryl methyl sites for hydroxylation is 1. The number of aromatic amines is 1. The van der Waals surface area contributed by atoms with Crippen LogP contribution < -0.4 is 10.3 Å². The Hall–Kier alpha value is -3.41. The van der Waals surface area contributed by atoms with Crippen molar-refractivity contribution in [1.82, 2.24) is 19.5 Å². The number of benzene rings is 2. The van der Waals surface area contributed by atoms with Gasteiger partial charge in [-0.25, -0.2) is 9.97 Å². The minimum atomic E-state index is -0.134. The molecule has 0 saturated carbocycles. The van der Waals surface area contributed by atoms with Crippen LogP contribution in [0, 0.1) is 0 Å². The van der Waals surface area contributed by atoms with Gasteiger partial charge in [0.1, 0.15) is 11.6 Å². The summed E-state index contributed by atoms with van der Waals surface area (Å²) in [5.74, 6) is 1.35. The van der Waals surface area contributed by atoms with E-state index in [1.54, 1.807) is 18.6 Å². The van der Waals surface area contributed by atoms with Crippen LogP contribution in [-0.4, -0.2) is 26.1 Å².